The Kier molecular flexibility index (Phi) is 5.57. The number of nitrogens with zero attached hydrogens (tertiary/aromatic N) is 1. The van der Waals surface area contributed by atoms with Gasteiger partial charge in [0.05, 0.1) is 11.4 Å². The van der Waals surface area contributed by atoms with E-state index < -0.39 is 0 Å². The molecule has 0 saturated carbocycles. The van der Waals surface area contributed by atoms with Crippen LogP contribution in [-0.2, 0) is 9.53 Å². The van der Waals surface area contributed by atoms with E-state index in [1.54, 1.807) is 12.1 Å². The number of ether oxygens (including phenoxy) is 1. The largest absolute Gasteiger partial charge is 0.375 e. The van der Waals surface area contributed by atoms with Gasteiger partial charge in [-0.3, -0.25) is 9.59 Å². The lowest BCUT2D eigenvalue weighted by Crippen LogP contribution is -2.18. The van der Waals surface area contributed by atoms with Crippen molar-refractivity contribution in [3.05, 3.63) is 50.9 Å². The van der Waals surface area contributed by atoms with Crippen LogP contribution < -0.4 is 16.2 Å². The number of anilines is 2. The van der Waals surface area contributed by atoms with E-state index in [9.17, 15) is 9.59 Å². The average molecular weight is 386 g/mol. The number of H-pyrrole nitrogens is 1. The first-order valence-electron chi connectivity index (χ1n) is 8.54. The highest BCUT2D eigenvalue weighted by Crippen LogP contribution is 2.27. The molecule has 0 aliphatic heterocycles. The zero-order valence-corrected chi connectivity index (χ0v) is 16.5. The summed E-state index contributed by atoms with van der Waals surface area (Å²) in [6, 6.07) is 7.13. The molecular formula is C19H22N4O3S. The van der Waals surface area contributed by atoms with E-state index in [0.29, 0.717) is 16.9 Å². The highest BCUT2D eigenvalue weighted by molar-refractivity contribution is 7.18. The SMILES string of the molecule is COCC(=O)Nc1ccc(NC(C)c2nc3sc(C)c(C)c3c(=O)[nH]2)cc1. The molecule has 8 heteroatoms. The predicted molar refractivity (Wildman–Crippen MR) is 109 cm³/mol. The molecule has 27 heavy (non-hydrogen) atoms. The van der Waals surface area contributed by atoms with Crippen LogP contribution >= 0.6 is 11.3 Å². The Morgan fingerprint density at radius 1 is 1.26 bits per heavy atom. The van der Waals surface area contributed by atoms with Crippen LogP contribution in [0.4, 0.5) is 11.4 Å². The molecular weight excluding hydrogens is 364 g/mol. The Hall–Kier alpha value is -2.71. The second-order valence-electron chi connectivity index (χ2n) is 6.34. The van der Waals surface area contributed by atoms with Gasteiger partial charge in [-0.05, 0) is 50.6 Å². The molecule has 1 aromatic carbocycles. The highest BCUT2D eigenvalue weighted by atomic mass is 32.1. The summed E-state index contributed by atoms with van der Waals surface area (Å²) < 4.78 is 4.79. The van der Waals surface area contributed by atoms with Crippen molar-refractivity contribution in [2.45, 2.75) is 26.8 Å². The Morgan fingerprint density at radius 2 is 1.93 bits per heavy atom. The summed E-state index contributed by atoms with van der Waals surface area (Å²) in [5.41, 5.74) is 2.42. The number of aromatic amines is 1. The van der Waals surface area contributed by atoms with E-state index in [1.807, 2.05) is 32.9 Å². The van der Waals surface area contributed by atoms with E-state index in [4.69, 9.17) is 4.74 Å². The Bertz CT molecular complexity index is 1020. The first-order chi connectivity index (χ1) is 12.9. The van der Waals surface area contributed by atoms with Crippen molar-refractivity contribution >= 4 is 38.8 Å². The molecule has 1 atom stereocenters. The van der Waals surface area contributed by atoms with Crippen molar-refractivity contribution in [3.8, 4) is 0 Å². The van der Waals surface area contributed by atoms with Crippen molar-refractivity contribution < 1.29 is 9.53 Å². The fourth-order valence-electron chi connectivity index (χ4n) is 2.77. The number of carbonyl (C=O) groups is 1. The molecule has 0 bridgehead atoms. The fraction of sp³-hybridized carbons (Fsp3) is 0.316. The van der Waals surface area contributed by atoms with Crippen molar-refractivity contribution in [1.82, 2.24) is 9.97 Å². The molecule has 0 spiro atoms. The van der Waals surface area contributed by atoms with Gasteiger partial charge >= 0.3 is 0 Å². The predicted octanol–water partition coefficient (Wildman–Crippen LogP) is 3.36. The number of aromatic nitrogens is 2. The van der Waals surface area contributed by atoms with Crippen LogP contribution in [-0.4, -0.2) is 29.6 Å². The summed E-state index contributed by atoms with van der Waals surface area (Å²) in [4.78, 5) is 33.3. The summed E-state index contributed by atoms with van der Waals surface area (Å²) in [6.07, 6.45) is 0. The van der Waals surface area contributed by atoms with Crippen LogP contribution in [0.5, 0.6) is 0 Å². The Morgan fingerprint density at radius 3 is 2.59 bits per heavy atom. The standard InChI is InChI=1S/C19H22N4O3S/c1-10-12(3)27-19-16(10)18(25)22-17(23-19)11(2)20-13-5-7-14(8-6-13)21-15(24)9-26-4/h5-8,11,20H,9H2,1-4H3,(H,21,24)(H,22,23,25). The highest BCUT2D eigenvalue weighted by Gasteiger charge is 2.15. The van der Waals surface area contributed by atoms with Gasteiger partial charge in [-0.1, -0.05) is 0 Å². The smallest absolute Gasteiger partial charge is 0.259 e. The number of aryl methyl sites for hydroxylation is 2. The van der Waals surface area contributed by atoms with Crippen molar-refractivity contribution in [1.29, 1.82) is 0 Å². The molecule has 2 heterocycles. The molecule has 3 aromatic rings. The molecule has 0 aliphatic carbocycles. The summed E-state index contributed by atoms with van der Waals surface area (Å²) in [5, 5.41) is 6.72. The van der Waals surface area contributed by atoms with Gasteiger partial charge in [-0.2, -0.15) is 0 Å². The number of methoxy groups -OCH3 is 1. The lowest BCUT2D eigenvalue weighted by atomic mass is 10.2. The molecule has 0 radical (unpaired) electrons. The molecule has 1 unspecified atom stereocenters. The topological polar surface area (TPSA) is 96.1 Å². The molecule has 0 fully saturated rings. The third kappa shape index (κ3) is 4.17. The third-order valence-corrected chi connectivity index (χ3v) is 5.40. The van der Waals surface area contributed by atoms with Crippen LogP contribution in [0, 0.1) is 13.8 Å². The maximum atomic E-state index is 12.4. The second-order valence-corrected chi connectivity index (χ2v) is 7.54. The Balaban J connectivity index is 1.75. The molecule has 142 valence electrons. The lowest BCUT2D eigenvalue weighted by Gasteiger charge is -2.15. The number of fused-ring (bicyclic) bond motifs is 1. The summed E-state index contributed by atoms with van der Waals surface area (Å²) >= 11 is 1.53. The number of hydrogen-bond donors (Lipinski definition) is 3. The van der Waals surface area contributed by atoms with Crippen molar-refractivity contribution in [2.24, 2.45) is 0 Å². The second kappa shape index (κ2) is 7.89. The van der Waals surface area contributed by atoms with E-state index in [2.05, 4.69) is 20.6 Å². The molecule has 0 aliphatic rings. The minimum atomic E-state index is -0.205. The molecule has 7 nitrogen and oxygen atoms in total. The number of thiophene rings is 1. The number of carbonyl (C=O) groups excluding carboxylic acids is 1. The van der Waals surface area contributed by atoms with E-state index in [0.717, 1.165) is 21.0 Å². The monoisotopic (exact) mass is 386 g/mol. The van der Waals surface area contributed by atoms with Crippen LogP contribution in [0.3, 0.4) is 0 Å². The third-order valence-electron chi connectivity index (χ3n) is 4.29. The molecule has 3 N–H and O–H groups in total. The normalized spacial score (nSPS) is 12.1. The first kappa shape index (κ1) is 19.1. The number of nitrogens with one attached hydrogen (secondary N) is 3. The number of hydrogen-bond acceptors (Lipinski definition) is 6. The van der Waals surface area contributed by atoms with Gasteiger partial charge in [0.25, 0.3) is 5.56 Å². The van der Waals surface area contributed by atoms with Crippen LogP contribution in [0.2, 0.25) is 0 Å². The van der Waals surface area contributed by atoms with Gasteiger partial charge in [0.1, 0.15) is 17.3 Å². The van der Waals surface area contributed by atoms with Gasteiger partial charge in [0, 0.05) is 23.4 Å². The summed E-state index contributed by atoms with van der Waals surface area (Å²) in [6.45, 7) is 5.89. The van der Waals surface area contributed by atoms with E-state index in [-0.39, 0.29) is 24.1 Å². The Labute approximate surface area is 160 Å². The van der Waals surface area contributed by atoms with Crippen LogP contribution in [0.15, 0.2) is 29.1 Å². The zero-order valence-electron chi connectivity index (χ0n) is 15.7. The first-order valence-corrected chi connectivity index (χ1v) is 9.36. The summed E-state index contributed by atoms with van der Waals surface area (Å²) in [7, 11) is 1.47. The van der Waals surface area contributed by atoms with Gasteiger partial charge in [-0.25, -0.2) is 4.98 Å². The van der Waals surface area contributed by atoms with Gasteiger partial charge in [-0.15, -0.1) is 11.3 Å². The maximum absolute atomic E-state index is 12.4. The molecule has 3 rings (SSSR count). The average Bonchev–Trinajstić information content (AvgIpc) is 2.91. The van der Waals surface area contributed by atoms with Gasteiger partial charge in [0.2, 0.25) is 5.91 Å². The zero-order chi connectivity index (χ0) is 19.6. The minimum Gasteiger partial charge on any atom is -0.375 e. The van der Waals surface area contributed by atoms with Crippen molar-refractivity contribution in [3.63, 3.8) is 0 Å². The lowest BCUT2D eigenvalue weighted by molar-refractivity contribution is -0.119. The number of amides is 1. The van der Waals surface area contributed by atoms with Gasteiger partial charge < -0.3 is 20.4 Å². The van der Waals surface area contributed by atoms with Gasteiger partial charge in [0.15, 0.2) is 0 Å². The number of rotatable bonds is 6. The molecule has 0 saturated heterocycles. The maximum Gasteiger partial charge on any atom is 0.259 e. The van der Waals surface area contributed by atoms with Crippen LogP contribution in [0.1, 0.15) is 29.2 Å². The number of benzene rings is 1. The van der Waals surface area contributed by atoms with Crippen LogP contribution in [0.25, 0.3) is 10.2 Å². The quantitative estimate of drug-likeness (QED) is 0.604. The van der Waals surface area contributed by atoms with E-state index in [1.165, 1.54) is 18.4 Å². The minimum absolute atomic E-state index is 0.0141. The van der Waals surface area contributed by atoms with Crippen molar-refractivity contribution in [2.75, 3.05) is 24.4 Å². The fourth-order valence-corrected chi connectivity index (χ4v) is 3.81. The molecule has 2 aromatic heterocycles. The molecule has 1 amide bonds. The summed E-state index contributed by atoms with van der Waals surface area (Å²) in [5.74, 6) is 0.384. The van der Waals surface area contributed by atoms with E-state index >= 15 is 0 Å².